The Balaban J connectivity index is 2.11. The van der Waals surface area contributed by atoms with Gasteiger partial charge < -0.3 is 0 Å². The molecular weight excluding hydrogens is 326 g/mol. The van der Waals surface area contributed by atoms with Gasteiger partial charge in [0, 0.05) is 17.0 Å². The fraction of sp³-hybridized carbons (Fsp3) is 0.167. The van der Waals surface area contributed by atoms with Crippen molar-refractivity contribution in [2.45, 2.75) is 18.7 Å². The van der Waals surface area contributed by atoms with Crippen molar-refractivity contribution in [3.05, 3.63) is 34.8 Å². The SMILES string of the molecule is Cc1nc([N+]2(c3ccc(S(=O)(=O)O)cc3)N=CNN2)sc1C. The van der Waals surface area contributed by atoms with E-state index in [0.29, 0.717) is 10.8 Å². The molecule has 0 saturated heterocycles. The fourth-order valence-corrected chi connectivity index (χ4v) is 3.49. The summed E-state index contributed by atoms with van der Waals surface area (Å²) in [6, 6.07) is 5.81. The minimum absolute atomic E-state index is 0.120. The van der Waals surface area contributed by atoms with Crippen molar-refractivity contribution in [3.8, 4) is 0 Å². The van der Waals surface area contributed by atoms with Crippen LogP contribution in [0.2, 0.25) is 0 Å². The molecule has 0 saturated carbocycles. The van der Waals surface area contributed by atoms with Gasteiger partial charge in [0.15, 0.2) is 12.0 Å². The number of aromatic nitrogens is 1. The number of hydrazine groups is 1. The van der Waals surface area contributed by atoms with Crippen molar-refractivity contribution < 1.29 is 13.0 Å². The van der Waals surface area contributed by atoms with Crippen LogP contribution < -0.4 is 15.7 Å². The monoisotopic (exact) mass is 340 g/mol. The molecule has 3 N–H and O–H groups in total. The molecule has 1 aromatic heterocycles. The van der Waals surface area contributed by atoms with Crippen LogP contribution in [0.1, 0.15) is 10.6 Å². The standard InChI is InChI=1S/C12H13N5O3S2/c1-8-9(2)21-12(15-8)17(14-7-13-16-17)10-3-5-11(6-4-10)22(18,19)20/h3-7,16H,1-2H3,(H-,13,14,18,19,20)/p+1. The van der Waals surface area contributed by atoms with E-state index in [1.54, 1.807) is 12.1 Å². The predicted molar refractivity (Wildman–Crippen MR) is 84.1 cm³/mol. The van der Waals surface area contributed by atoms with Gasteiger partial charge in [0.25, 0.3) is 10.1 Å². The van der Waals surface area contributed by atoms with E-state index in [4.69, 9.17) is 4.55 Å². The van der Waals surface area contributed by atoms with E-state index >= 15 is 0 Å². The molecule has 1 unspecified atom stereocenters. The molecule has 1 aliphatic heterocycles. The van der Waals surface area contributed by atoms with Gasteiger partial charge in [-0.2, -0.15) is 13.4 Å². The Morgan fingerprint density at radius 1 is 1.23 bits per heavy atom. The molecule has 3 rings (SSSR count). The number of hydrogen-bond acceptors (Lipinski definition) is 7. The molecule has 0 spiro atoms. The van der Waals surface area contributed by atoms with Gasteiger partial charge in [-0.25, -0.2) is 0 Å². The zero-order chi connectivity index (χ0) is 16.0. The summed E-state index contributed by atoms with van der Waals surface area (Å²) in [6.45, 7) is 3.89. The number of hydrogen-bond donors (Lipinski definition) is 3. The van der Waals surface area contributed by atoms with Crippen molar-refractivity contribution in [3.63, 3.8) is 0 Å². The molecule has 8 nitrogen and oxygen atoms in total. The van der Waals surface area contributed by atoms with Crippen LogP contribution in [0.15, 0.2) is 34.3 Å². The van der Waals surface area contributed by atoms with Crippen LogP contribution in [-0.4, -0.2) is 24.3 Å². The van der Waals surface area contributed by atoms with E-state index in [0.717, 1.165) is 10.6 Å². The van der Waals surface area contributed by atoms with Crippen LogP contribution in [-0.2, 0) is 10.1 Å². The lowest BCUT2D eigenvalue weighted by molar-refractivity contribution is 0.303. The van der Waals surface area contributed by atoms with Gasteiger partial charge in [-0.15, -0.1) is 0 Å². The topological polar surface area (TPSA) is 104 Å². The summed E-state index contributed by atoms with van der Waals surface area (Å²) in [6.07, 6.45) is 1.50. The van der Waals surface area contributed by atoms with Crippen molar-refractivity contribution >= 4 is 38.6 Å². The quantitative estimate of drug-likeness (QED) is 0.579. The third kappa shape index (κ3) is 2.40. The molecule has 22 heavy (non-hydrogen) atoms. The highest BCUT2D eigenvalue weighted by Crippen LogP contribution is 2.38. The Hall–Kier alpha value is -1.85. The van der Waals surface area contributed by atoms with Crippen LogP contribution >= 0.6 is 11.3 Å². The molecule has 1 aliphatic rings. The number of aryl methyl sites for hydroxylation is 2. The highest BCUT2D eigenvalue weighted by atomic mass is 32.2. The Labute approximate surface area is 131 Å². The summed E-state index contributed by atoms with van der Waals surface area (Å²) < 4.78 is 31.2. The molecule has 10 heteroatoms. The number of thiazole rings is 1. The molecule has 1 aromatic carbocycles. The first-order chi connectivity index (χ1) is 10.3. The summed E-state index contributed by atoms with van der Waals surface area (Å²) in [5.74, 6) is 0. The van der Waals surface area contributed by atoms with E-state index in [-0.39, 0.29) is 9.60 Å². The van der Waals surface area contributed by atoms with Crippen LogP contribution in [0.25, 0.3) is 0 Å². The van der Waals surface area contributed by atoms with E-state index < -0.39 is 10.1 Å². The van der Waals surface area contributed by atoms with Crippen LogP contribution in [0.4, 0.5) is 10.8 Å². The Morgan fingerprint density at radius 3 is 2.36 bits per heavy atom. The maximum atomic E-state index is 11.1. The molecule has 2 aromatic rings. The average molecular weight is 340 g/mol. The number of benzene rings is 1. The van der Waals surface area contributed by atoms with Crippen molar-refractivity contribution in [2.24, 2.45) is 5.10 Å². The summed E-state index contributed by atoms with van der Waals surface area (Å²) >= 11 is 1.49. The Morgan fingerprint density at radius 2 is 1.91 bits per heavy atom. The first-order valence-corrected chi connectivity index (χ1v) is 8.57. The molecule has 0 bridgehead atoms. The minimum atomic E-state index is -4.22. The first kappa shape index (κ1) is 15.1. The summed E-state index contributed by atoms with van der Waals surface area (Å²) in [7, 11) is -4.22. The zero-order valence-electron chi connectivity index (χ0n) is 11.8. The lowest BCUT2D eigenvalue weighted by Gasteiger charge is -2.22. The minimum Gasteiger partial charge on any atom is -0.282 e. The maximum Gasteiger partial charge on any atom is 0.340 e. The van der Waals surface area contributed by atoms with Gasteiger partial charge in [0.1, 0.15) is 0 Å². The van der Waals surface area contributed by atoms with E-state index in [9.17, 15) is 8.42 Å². The molecule has 0 amide bonds. The molecule has 0 fully saturated rings. The predicted octanol–water partition coefficient (Wildman–Crippen LogP) is 1.61. The van der Waals surface area contributed by atoms with Crippen LogP contribution in [0.3, 0.4) is 0 Å². The number of quaternary nitrogens is 1. The van der Waals surface area contributed by atoms with Gasteiger partial charge in [-0.3, -0.25) is 9.98 Å². The summed E-state index contributed by atoms with van der Waals surface area (Å²) in [5, 5.41) is 5.07. The highest BCUT2D eigenvalue weighted by Gasteiger charge is 2.41. The maximum absolute atomic E-state index is 11.1. The largest absolute Gasteiger partial charge is 0.340 e. The lowest BCUT2D eigenvalue weighted by atomic mass is 10.3. The Kier molecular flexibility index (Phi) is 3.50. The molecule has 116 valence electrons. The van der Waals surface area contributed by atoms with E-state index in [1.165, 1.54) is 29.8 Å². The summed E-state index contributed by atoms with van der Waals surface area (Å²) in [4.78, 5) is 5.42. The second kappa shape index (κ2) is 5.11. The van der Waals surface area contributed by atoms with Crippen LogP contribution in [0, 0.1) is 13.8 Å². The van der Waals surface area contributed by atoms with Gasteiger partial charge in [-0.05, 0) is 41.3 Å². The highest BCUT2D eigenvalue weighted by molar-refractivity contribution is 7.85. The third-order valence-corrected chi connectivity index (χ3v) is 5.33. The molecule has 1 atom stereocenters. The molecule has 2 heterocycles. The number of nitrogens with zero attached hydrogens (tertiary/aromatic N) is 3. The molecule has 0 radical (unpaired) electrons. The molecular formula is C12H14N5O3S2+. The third-order valence-electron chi connectivity index (χ3n) is 3.32. The van der Waals surface area contributed by atoms with Crippen LogP contribution in [0.5, 0.6) is 0 Å². The molecule has 0 aliphatic carbocycles. The van der Waals surface area contributed by atoms with E-state index in [1.807, 2.05) is 13.8 Å². The average Bonchev–Trinajstić information content (AvgIpc) is 3.07. The van der Waals surface area contributed by atoms with Crippen molar-refractivity contribution in [1.29, 1.82) is 0 Å². The van der Waals surface area contributed by atoms with Gasteiger partial charge in [-0.1, -0.05) is 11.3 Å². The van der Waals surface area contributed by atoms with Gasteiger partial charge in [0.05, 0.1) is 10.6 Å². The number of rotatable bonds is 3. The Bertz CT molecular complexity index is 825. The smallest absolute Gasteiger partial charge is 0.282 e. The van der Waals surface area contributed by atoms with Gasteiger partial charge in [0.2, 0.25) is 0 Å². The van der Waals surface area contributed by atoms with Gasteiger partial charge >= 0.3 is 5.13 Å². The summed E-state index contributed by atoms with van der Waals surface area (Å²) in [5.41, 5.74) is 7.38. The van der Waals surface area contributed by atoms with Crippen molar-refractivity contribution in [1.82, 2.24) is 20.6 Å². The van der Waals surface area contributed by atoms with E-state index in [2.05, 4.69) is 21.0 Å². The van der Waals surface area contributed by atoms with Crippen molar-refractivity contribution in [2.75, 3.05) is 0 Å². The fourth-order valence-electron chi connectivity index (χ4n) is 2.03. The number of nitrogens with one attached hydrogen (secondary N) is 2. The zero-order valence-corrected chi connectivity index (χ0v) is 13.4. The second-order valence-corrected chi connectivity index (χ2v) is 7.35. The first-order valence-electron chi connectivity index (χ1n) is 6.31. The lowest BCUT2D eigenvalue weighted by Crippen LogP contribution is -2.51. The second-order valence-electron chi connectivity index (χ2n) is 4.74. The normalized spacial score (nSPS) is 21.0.